The van der Waals surface area contributed by atoms with Gasteiger partial charge in [-0.3, -0.25) is 5.43 Å². The molecule has 1 saturated heterocycles. The lowest BCUT2D eigenvalue weighted by atomic mass is 10.1. The summed E-state index contributed by atoms with van der Waals surface area (Å²) in [5.74, 6) is 0. The lowest BCUT2D eigenvalue weighted by Gasteiger charge is -2.18. The molecule has 1 saturated carbocycles. The molecule has 148 valence electrons. The molecule has 1 heterocycles. The molecule has 0 aromatic rings. The fraction of sp³-hybridized carbons (Fsp3) is 0.700. The molecule has 2 fully saturated rings. The average molecular weight is 382 g/mol. The van der Waals surface area contributed by atoms with E-state index >= 15 is 0 Å². The lowest BCUT2D eigenvalue weighted by Crippen LogP contribution is -2.31. The number of rotatable bonds is 9. The maximum absolute atomic E-state index is 6.61. The van der Waals surface area contributed by atoms with Crippen LogP contribution in [0.15, 0.2) is 34.2 Å². The second kappa shape index (κ2) is 11.0. The van der Waals surface area contributed by atoms with Gasteiger partial charge in [0.05, 0.1) is 0 Å². The van der Waals surface area contributed by atoms with Gasteiger partial charge in [0, 0.05) is 63.5 Å². The number of hydrazine groups is 1. The molecule has 0 aromatic heterocycles. The Morgan fingerprint density at radius 2 is 2.12 bits per heavy atom. The van der Waals surface area contributed by atoms with E-state index in [0.717, 1.165) is 43.3 Å². The molecule has 0 bridgehead atoms. The predicted octanol–water partition coefficient (Wildman–Crippen LogP) is 2.79. The molecule has 0 aromatic carbocycles. The van der Waals surface area contributed by atoms with E-state index in [2.05, 4.69) is 59.3 Å². The zero-order chi connectivity index (χ0) is 18.9. The number of allylic oxidation sites excluding steroid dienone is 3. The summed E-state index contributed by atoms with van der Waals surface area (Å²) in [6.07, 6.45) is 10.6. The van der Waals surface area contributed by atoms with E-state index in [-0.39, 0.29) is 0 Å². The van der Waals surface area contributed by atoms with E-state index < -0.39 is 0 Å². The molecule has 0 amide bonds. The van der Waals surface area contributed by atoms with Gasteiger partial charge in [-0.25, -0.2) is 5.01 Å². The number of nitrogens with one attached hydrogen (secondary N) is 3. The van der Waals surface area contributed by atoms with Crippen LogP contribution in [0.2, 0.25) is 0 Å². The monoisotopic (exact) mass is 381 g/mol. The molecule has 6 heteroatoms. The van der Waals surface area contributed by atoms with Crippen molar-refractivity contribution in [2.24, 2.45) is 0 Å². The van der Waals surface area contributed by atoms with Gasteiger partial charge in [0.2, 0.25) is 0 Å². The van der Waals surface area contributed by atoms with Gasteiger partial charge in [-0.2, -0.15) is 0 Å². The summed E-state index contributed by atoms with van der Waals surface area (Å²) in [7, 11) is 6.19. The lowest BCUT2D eigenvalue weighted by molar-refractivity contribution is 0.260. The van der Waals surface area contributed by atoms with Gasteiger partial charge in [-0.15, -0.1) is 0 Å². The van der Waals surface area contributed by atoms with E-state index in [0.29, 0.717) is 6.04 Å². The third kappa shape index (κ3) is 6.62. The summed E-state index contributed by atoms with van der Waals surface area (Å²) in [6.45, 7) is 5.76. The van der Waals surface area contributed by atoms with Gasteiger partial charge < -0.3 is 15.5 Å². The SMILES string of the molecule is CNC/C(NCCN(C)C=C1CCCC1)=C(/Cl)C/C=C1/CNN(C)[C@H]1C. The third-order valence-electron chi connectivity index (χ3n) is 5.33. The second-order valence-corrected chi connectivity index (χ2v) is 7.88. The van der Waals surface area contributed by atoms with Crippen molar-refractivity contribution in [1.29, 1.82) is 0 Å². The van der Waals surface area contributed by atoms with Crippen molar-refractivity contribution < 1.29 is 0 Å². The molecule has 2 rings (SSSR count). The first-order valence-electron chi connectivity index (χ1n) is 9.82. The molecule has 1 aliphatic carbocycles. The van der Waals surface area contributed by atoms with Crippen molar-refractivity contribution in [3.05, 3.63) is 34.2 Å². The minimum atomic E-state index is 0.428. The highest BCUT2D eigenvalue weighted by Crippen LogP contribution is 2.23. The fourth-order valence-electron chi connectivity index (χ4n) is 3.48. The van der Waals surface area contributed by atoms with Crippen molar-refractivity contribution in [2.75, 3.05) is 47.3 Å². The molecular formula is C20H36ClN5. The van der Waals surface area contributed by atoms with Crippen LogP contribution < -0.4 is 16.1 Å². The predicted molar refractivity (Wildman–Crippen MR) is 112 cm³/mol. The first-order valence-corrected chi connectivity index (χ1v) is 10.2. The molecule has 1 atom stereocenters. The third-order valence-corrected chi connectivity index (χ3v) is 5.71. The normalized spacial score (nSPS) is 23.5. The number of hydrogen-bond acceptors (Lipinski definition) is 5. The Bertz CT molecular complexity index is 532. The van der Waals surface area contributed by atoms with E-state index in [1.54, 1.807) is 5.57 Å². The van der Waals surface area contributed by atoms with Crippen molar-refractivity contribution >= 4 is 11.6 Å². The maximum Gasteiger partial charge on any atom is 0.0434 e. The zero-order valence-electron chi connectivity index (χ0n) is 16.9. The van der Waals surface area contributed by atoms with E-state index in [4.69, 9.17) is 11.6 Å². The highest BCUT2D eigenvalue weighted by atomic mass is 35.5. The maximum atomic E-state index is 6.61. The molecule has 0 unspecified atom stereocenters. The Balaban J connectivity index is 1.84. The van der Waals surface area contributed by atoms with Crippen LogP contribution in [0, 0.1) is 0 Å². The van der Waals surface area contributed by atoms with E-state index in [1.165, 1.54) is 31.3 Å². The highest BCUT2D eigenvalue weighted by molar-refractivity contribution is 6.30. The topological polar surface area (TPSA) is 42.6 Å². The molecule has 5 nitrogen and oxygen atoms in total. The quantitative estimate of drug-likeness (QED) is 0.536. The van der Waals surface area contributed by atoms with Gasteiger partial charge in [-0.05, 0) is 51.4 Å². The number of halogens is 1. The first-order chi connectivity index (χ1) is 12.5. The molecule has 0 radical (unpaired) electrons. The summed E-state index contributed by atoms with van der Waals surface area (Å²) >= 11 is 6.61. The van der Waals surface area contributed by atoms with Crippen LogP contribution in [0.1, 0.15) is 39.0 Å². The Labute approximate surface area is 164 Å². The van der Waals surface area contributed by atoms with Gasteiger partial charge in [0.25, 0.3) is 0 Å². The van der Waals surface area contributed by atoms with Crippen LogP contribution >= 0.6 is 11.6 Å². The first kappa shape index (κ1) is 21.3. The van der Waals surface area contributed by atoms with Crippen molar-refractivity contribution in [3.8, 4) is 0 Å². The molecule has 3 N–H and O–H groups in total. The largest absolute Gasteiger partial charge is 0.385 e. The number of nitrogens with zero attached hydrogens (tertiary/aromatic N) is 2. The summed E-state index contributed by atoms with van der Waals surface area (Å²) < 4.78 is 0. The molecule has 1 aliphatic heterocycles. The Kier molecular flexibility index (Phi) is 8.99. The van der Waals surface area contributed by atoms with Crippen LogP contribution in [0.3, 0.4) is 0 Å². The standard InChI is InChI=1S/C20H36ClN5/c1-16-18(13-24-26(16)4)9-10-19(21)20(14-22-2)23-11-12-25(3)15-17-7-5-6-8-17/h9,15-16,22-24H,5-8,10-14H2,1-4H3/b18-9-,20-19-/t16-/m0/s1. The van der Waals surface area contributed by atoms with E-state index in [1.807, 2.05) is 7.05 Å². The summed E-state index contributed by atoms with van der Waals surface area (Å²) in [5, 5.41) is 9.79. The van der Waals surface area contributed by atoms with Gasteiger partial charge >= 0.3 is 0 Å². The summed E-state index contributed by atoms with van der Waals surface area (Å²) in [6, 6.07) is 0.428. The van der Waals surface area contributed by atoms with Crippen LogP contribution in [0.5, 0.6) is 0 Å². The van der Waals surface area contributed by atoms with Crippen LogP contribution in [-0.4, -0.2) is 63.3 Å². The zero-order valence-corrected chi connectivity index (χ0v) is 17.6. The van der Waals surface area contributed by atoms with Crippen LogP contribution in [0.4, 0.5) is 0 Å². The Morgan fingerprint density at radius 1 is 1.38 bits per heavy atom. The van der Waals surface area contributed by atoms with Crippen LogP contribution in [-0.2, 0) is 0 Å². The smallest absolute Gasteiger partial charge is 0.0434 e. The number of likely N-dealkylation sites (N-methyl/N-ethyl adjacent to an activating group) is 3. The Morgan fingerprint density at radius 3 is 2.73 bits per heavy atom. The average Bonchev–Trinajstić information content (AvgIpc) is 3.23. The minimum absolute atomic E-state index is 0.428. The second-order valence-electron chi connectivity index (χ2n) is 7.42. The van der Waals surface area contributed by atoms with E-state index in [9.17, 15) is 0 Å². The molecular weight excluding hydrogens is 346 g/mol. The van der Waals surface area contributed by atoms with Crippen LogP contribution in [0.25, 0.3) is 0 Å². The Hall–Kier alpha value is -1.01. The van der Waals surface area contributed by atoms with Crippen molar-refractivity contribution in [3.63, 3.8) is 0 Å². The fourth-order valence-corrected chi connectivity index (χ4v) is 3.70. The van der Waals surface area contributed by atoms with Gasteiger partial charge in [0.1, 0.15) is 0 Å². The van der Waals surface area contributed by atoms with Crippen molar-refractivity contribution in [1.82, 2.24) is 26.0 Å². The highest BCUT2D eigenvalue weighted by Gasteiger charge is 2.20. The van der Waals surface area contributed by atoms with Crippen molar-refractivity contribution in [2.45, 2.75) is 45.1 Å². The number of hydrogen-bond donors (Lipinski definition) is 3. The molecule has 26 heavy (non-hydrogen) atoms. The minimum Gasteiger partial charge on any atom is -0.385 e. The molecule has 2 aliphatic rings. The summed E-state index contributed by atoms with van der Waals surface area (Å²) in [5.41, 5.74) is 7.43. The van der Waals surface area contributed by atoms with Gasteiger partial charge in [0.15, 0.2) is 0 Å². The summed E-state index contributed by atoms with van der Waals surface area (Å²) in [4.78, 5) is 2.29. The van der Waals surface area contributed by atoms with Gasteiger partial charge in [-0.1, -0.05) is 23.3 Å². The molecule has 0 spiro atoms.